The van der Waals surface area contributed by atoms with E-state index in [1.807, 2.05) is 24.3 Å². The average molecular weight is 1030 g/mol. The molecule has 4 nitrogen and oxygen atoms in total. The molecule has 0 saturated heterocycles. The van der Waals surface area contributed by atoms with Crippen molar-refractivity contribution in [1.29, 1.82) is 10.5 Å². The van der Waals surface area contributed by atoms with Gasteiger partial charge in [-0.15, -0.1) is 0 Å². The smallest absolute Gasteiger partial charge is 0.0991 e. The summed E-state index contributed by atoms with van der Waals surface area (Å²) in [6.45, 7) is 18.2. The SMILES string of the molecule is Cc1ccc(-c2ccccc2)cc1N(c1cc(-c2ccc(C#N)cc2)ccc1C)c1cc(C(C)C)c2ccc3c(N(c4cc(-c5ccccc5)ccc4C)c4cc(-c5ccc(C#N)cc5)ccc4C)cc(C(C)C)c4ccc1c2c43. The summed E-state index contributed by atoms with van der Waals surface area (Å²) in [5.74, 6) is 0.388. The topological polar surface area (TPSA) is 54.1 Å². The summed E-state index contributed by atoms with van der Waals surface area (Å²) in [5, 5.41) is 26.9. The zero-order valence-corrected chi connectivity index (χ0v) is 46.7. The lowest BCUT2D eigenvalue weighted by atomic mass is 9.83. The highest BCUT2D eigenvalue weighted by Crippen LogP contribution is 2.53. The summed E-state index contributed by atoms with van der Waals surface area (Å²) < 4.78 is 0. The summed E-state index contributed by atoms with van der Waals surface area (Å²) in [5.41, 5.74) is 24.0. The standard InChI is InChI=1S/C76H62N4/c1-47(2)67-43-73(79(69-39-59(27-19-49(69)5)55-15-11-9-12-16-55)71-41-61(29-21-51(71)7)57-31-23-53(45-77)24-32-57)65-38-36-64-68(48(3)4)44-74(66-37-35-63(67)75(65)76(64)66)80(70-40-60(28-20-50(70)6)56-17-13-10-14-18-56)72-42-62(30-22-52(72)8)58-33-25-54(46-78)26-34-58/h9-44,47-48H,1-8H3. The first-order valence-electron chi connectivity index (χ1n) is 27.8. The summed E-state index contributed by atoms with van der Waals surface area (Å²) in [4.78, 5) is 5.07. The lowest BCUT2D eigenvalue weighted by Gasteiger charge is -2.34. The molecule has 0 saturated carbocycles. The molecule has 0 aliphatic carbocycles. The van der Waals surface area contributed by atoms with E-state index in [0.717, 1.165) is 101 Å². The third-order valence-corrected chi connectivity index (χ3v) is 16.4. The fourth-order valence-electron chi connectivity index (χ4n) is 12.0. The quantitative estimate of drug-likeness (QED) is 0.114. The number of nitrogens with zero attached hydrogens (tertiary/aromatic N) is 4. The van der Waals surface area contributed by atoms with Gasteiger partial charge >= 0.3 is 0 Å². The number of nitriles is 2. The van der Waals surface area contributed by atoms with Crippen molar-refractivity contribution in [3.05, 3.63) is 263 Å². The summed E-state index contributed by atoms with van der Waals surface area (Å²) in [6, 6.07) is 83.8. The van der Waals surface area contributed by atoms with Crippen LogP contribution < -0.4 is 9.80 Å². The van der Waals surface area contributed by atoms with Crippen molar-refractivity contribution in [3.63, 3.8) is 0 Å². The maximum atomic E-state index is 9.74. The summed E-state index contributed by atoms with van der Waals surface area (Å²) >= 11 is 0. The van der Waals surface area contributed by atoms with E-state index in [2.05, 4.69) is 271 Å². The van der Waals surface area contributed by atoms with Gasteiger partial charge in [-0.25, -0.2) is 0 Å². The maximum Gasteiger partial charge on any atom is 0.0991 e. The van der Waals surface area contributed by atoms with Crippen LogP contribution in [0.1, 0.15) is 84.0 Å². The van der Waals surface area contributed by atoms with E-state index in [1.165, 1.54) is 43.4 Å². The maximum absolute atomic E-state index is 9.74. The van der Waals surface area contributed by atoms with Gasteiger partial charge in [0.2, 0.25) is 0 Å². The Hall–Kier alpha value is -9.74. The zero-order valence-electron chi connectivity index (χ0n) is 46.7. The van der Waals surface area contributed by atoms with Gasteiger partial charge in [0.1, 0.15) is 0 Å². The number of aryl methyl sites for hydroxylation is 4. The van der Waals surface area contributed by atoms with Crippen LogP contribution in [0.2, 0.25) is 0 Å². The molecular formula is C76H62N4. The molecule has 0 atom stereocenters. The molecule has 0 spiro atoms. The molecule has 12 aromatic carbocycles. The minimum Gasteiger partial charge on any atom is -0.309 e. The Kier molecular flexibility index (Phi) is 13.3. The van der Waals surface area contributed by atoms with E-state index in [-0.39, 0.29) is 11.8 Å². The van der Waals surface area contributed by atoms with E-state index >= 15 is 0 Å². The highest BCUT2D eigenvalue weighted by Gasteiger charge is 2.29. The average Bonchev–Trinajstić information content (AvgIpc) is 3.61. The zero-order chi connectivity index (χ0) is 55.3. The number of hydrogen-bond donors (Lipinski definition) is 0. The molecule has 4 heteroatoms. The minimum absolute atomic E-state index is 0.194. The normalized spacial score (nSPS) is 11.4. The molecule has 0 aromatic heterocycles. The van der Waals surface area contributed by atoms with Gasteiger partial charge in [-0.2, -0.15) is 10.5 Å². The van der Waals surface area contributed by atoms with Gasteiger partial charge in [0.25, 0.3) is 0 Å². The van der Waals surface area contributed by atoms with Crippen LogP contribution >= 0.6 is 0 Å². The lowest BCUT2D eigenvalue weighted by molar-refractivity contribution is 0.875. The van der Waals surface area contributed by atoms with Gasteiger partial charge in [-0.1, -0.05) is 185 Å². The second kappa shape index (κ2) is 20.9. The highest BCUT2D eigenvalue weighted by atomic mass is 15.2. The Morgan fingerprint density at radius 2 is 0.562 bits per heavy atom. The van der Waals surface area contributed by atoms with Crippen molar-refractivity contribution in [3.8, 4) is 56.6 Å². The van der Waals surface area contributed by atoms with Crippen LogP contribution in [-0.2, 0) is 0 Å². The molecule has 12 aromatic rings. The van der Waals surface area contributed by atoms with E-state index in [1.54, 1.807) is 0 Å². The van der Waals surface area contributed by atoms with Gasteiger partial charge in [-0.05, 0) is 200 Å². The fraction of sp³-hybridized carbons (Fsp3) is 0.132. The van der Waals surface area contributed by atoms with E-state index in [9.17, 15) is 10.5 Å². The van der Waals surface area contributed by atoms with Crippen molar-refractivity contribution < 1.29 is 0 Å². The van der Waals surface area contributed by atoms with Gasteiger partial charge < -0.3 is 9.80 Å². The highest BCUT2D eigenvalue weighted by molar-refractivity contribution is 6.29. The minimum atomic E-state index is 0.194. The molecule has 0 aliphatic rings. The number of benzene rings is 12. The predicted molar refractivity (Wildman–Crippen MR) is 338 cm³/mol. The number of anilines is 6. The Morgan fingerprint density at radius 3 is 0.850 bits per heavy atom. The van der Waals surface area contributed by atoms with Crippen LogP contribution in [0, 0.1) is 50.4 Å². The van der Waals surface area contributed by atoms with E-state index in [4.69, 9.17) is 0 Å². The van der Waals surface area contributed by atoms with Gasteiger partial charge in [-0.3, -0.25) is 0 Å². The van der Waals surface area contributed by atoms with Crippen molar-refractivity contribution in [2.45, 2.75) is 67.2 Å². The molecule has 80 heavy (non-hydrogen) atoms. The lowest BCUT2D eigenvalue weighted by Crippen LogP contribution is -2.15. The van der Waals surface area contributed by atoms with Gasteiger partial charge in [0.15, 0.2) is 0 Å². The van der Waals surface area contributed by atoms with Crippen LogP contribution in [0.25, 0.3) is 76.8 Å². The van der Waals surface area contributed by atoms with Gasteiger partial charge in [0, 0.05) is 33.5 Å². The summed E-state index contributed by atoms with van der Waals surface area (Å²) in [6.07, 6.45) is 0. The molecule has 0 bridgehead atoms. The molecule has 0 heterocycles. The first-order chi connectivity index (χ1) is 38.9. The van der Waals surface area contributed by atoms with E-state index < -0.39 is 0 Å². The van der Waals surface area contributed by atoms with Gasteiger partial charge in [0.05, 0.1) is 34.6 Å². The molecule has 0 amide bonds. The molecule has 0 radical (unpaired) electrons. The predicted octanol–water partition coefficient (Wildman–Crippen LogP) is 21.4. The molecule has 0 unspecified atom stereocenters. The Balaban J connectivity index is 1.19. The first kappa shape index (κ1) is 51.0. The second-order valence-corrected chi connectivity index (χ2v) is 22.1. The van der Waals surface area contributed by atoms with Crippen molar-refractivity contribution >= 4 is 66.4 Å². The van der Waals surface area contributed by atoms with Crippen LogP contribution in [0.5, 0.6) is 0 Å². The third kappa shape index (κ3) is 9.10. The van der Waals surface area contributed by atoms with E-state index in [0.29, 0.717) is 11.1 Å². The molecule has 0 aliphatic heterocycles. The largest absolute Gasteiger partial charge is 0.309 e. The first-order valence-corrected chi connectivity index (χ1v) is 27.8. The molecule has 0 fully saturated rings. The van der Waals surface area contributed by atoms with Crippen LogP contribution in [0.15, 0.2) is 218 Å². The second-order valence-electron chi connectivity index (χ2n) is 22.1. The van der Waals surface area contributed by atoms with Crippen LogP contribution in [0.4, 0.5) is 34.1 Å². The molecule has 386 valence electrons. The molecular weight excluding hydrogens is 969 g/mol. The third-order valence-electron chi connectivity index (χ3n) is 16.4. The number of rotatable bonds is 12. The fourth-order valence-corrected chi connectivity index (χ4v) is 12.0. The van der Waals surface area contributed by atoms with Crippen molar-refractivity contribution in [2.24, 2.45) is 0 Å². The summed E-state index contributed by atoms with van der Waals surface area (Å²) in [7, 11) is 0. The Morgan fingerprint density at radius 1 is 0.287 bits per heavy atom. The Labute approximate surface area is 471 Å². The number of hydrogen-bond acceptors (Lipinski definition) is 4. The van der Waals surface area contributed by atoms with Crippen LogP contribution in [-0.4, -0.2) is 0 Å². The Bertz CT molecular complexity index is 4120. The molecule has 0 N–H and O–H groups in total. The molecule has 12 rings (SSSR count). The van der Waals surface area contributed by atoms with Crippen molar-refractivity contribution in [1.82, 2.24) is 0 Å². The monoisotopic (exact) mass is 1030 g/mol. The van der Waals surface area contributed by atoms with Crippen molar-refractivity contribution in [2.75, 3.05) is 9.80 Å². The van der Waals surface area contributed by atoms with Crippen LogP contribution in [0.3, 0.4) is 0 Å².